The fraction of sp³-hybridized carbons (Fsp3) is 0.529. The zero-order valence-corrected chi connectivity index (χ0v) is 14.4. The van der Waals surface area contributed by atoms with Crippen LogP contribution in [0.2, 0.25) is 0 Å². The average molecular weight is 374 g/mol. The number of fused-ring (bicyclic) bond motifs is 1. The van der Waals surface area contributed by atoms with E-state index in [2.05, 4.69) is 9.97 Å². The molecule has 9 heteroatoms. The Bertz CT molecular complexity index is 790. The first-order valence-corrected chi connectivity index (χ1v) is 8.18. The Morgan fingerprint density at radius 3 is 2.42 bits per heavy atom. The fourth-order valence-corrected chi connectivity index (χ4v) is 3.42. The highest BCUT2D eigenvalue weighted by Gasteiger charge is 2.40. The second-order valence-electron chi connectivity index (χ2n) is 7.01. The van der Waals surface area contributed by atoms with Gasteiger partial charge in [0.15, 0.2) is 5.82 Å². The van der Waals surface area contributed by atoms with E-state index in [1.165, 1.54) is 4.90 Å². The Balaban J connectivity index is 1.98. The SMILES string of the molecule is CC1(C)CN(CC(F)(F)F)CCN1c1nc(C(F)F)nc2ccccc12. The first-order chi connectivity index (χ1) is 12.1. The van der Waals surface area contributed by atoms with Gasteiger partial charge < -0.3 is 4.90 Å². The zero-order chi connectivity index (χ0) is 19.1. The van der Waals surface area contributed by atoms with Gasteiger partial charge in [0.2, 0.25) is 0 Å². The molecule has 26 heavy (non-hydrogen) atoms. The van der Waals surface area contributed by atoms with Gasteiger partial charge in [-0.2, -0.15) is 13.2 Å². The first-order valence-electron chi connectivity index (χ1n) is 8.18. The summed E-state index contributed by atoms with van der Waals surface area (Å²) in [4.78, 5) is 11.1. The zero-order valence-electron chi connectivity index (χ0n) is 14.4. The predicted molar refractivity (Wildman–Crippen MR) is 88.4 cm³/mol. The van der Waals surface area contributed by atoms with Crippen molar-refractivity contribution in [3.8, 4) is 0 Å². The molecule has 1 aromatic heterocycles. The molecular formula is C17H19F5N4. The monoisotopic (exact) mass is 374 g/mol. The normalized spacial score (nSPS) is 18.7. The number of rotatable bonds is 3. The fourth-order valence-electron chi connectivity index (χ4n) is 3.42. The number of halogens is 5. The van der Waals surface area contributed by atoms with Crippen LogP contribution in [-0.2, 0) is 0 Å². The lowest BCUT2D eigenvalue weighted by atomic mass is 9.98. The summed E-state index contributed by atoms with van der Waals surface area (Å²) in [5.74, 6) is -0.241. The van der Waals surface area contributed by atoms with Crippen molar-refractivity contribution in [2.75, 3.05) is 31.1 Å². The number of alkyl halides is 5. The van der Waals surface area contributed by atoms with Gasteiger partial charge in [-0.25, -0.2) is 18.7 Å². The highest BCUT2D eigenvalue weighted by molar-refractivity contribution is 5.90. The average Bonchev–Trinajstić information content (AvgIpc) is 2.51. The quantitative estimate of drug-likeness (QED) is 0.760. The number of hydrogen-bond acceptors (Lipinski definition) is 4. The topological polar surface area (TPSA) is 32.3 Å². The molecule has 0 spiro atoms. The Morgan fingerprint density at radius 1 is 1.12 bits per heavy atom. The lowest BCUT2D eigenvalue weighted by Gasteiger charge is -2.48. The minimum atomic E-state index is -4.28. The van der Waals surface area contributed by atoms with Crippen molar-refractivity contribution in [2.45, 2.75) is 32.0 Å². The van der Waals surface area contributed by atoms with E-state index in [1.807, 2.05) is 0 Å². The van der Waals surface area contributed by atoms with Crippen LogP contribution in [0, 0.1) is 0 Å². The maximum absolute atomic E-state index is 13.2. The molecule has 1 aliphatic heterocycles. The van der Waals surface area contributed by atoms with Crippen molar-refractivity contribution in [2.24, 2.45) is 0 Å². The molecule has 0 radical (unpaired) electrons. The van der Waals surface area contributed by atoms with Crippen molar-refractivity contribution in [3.63, 3.8) is 0 Å². The molecule has 1 fully saturated rings. The first kappa shape index (κ1) is 18.8. The maximum atomic E-state index is 13.2. The van der Waals surface area contributed by atoms with Crippen LogP contribution in [0.1, 0.15) is 26.1 Å². The van der Waals surface area contributed by atoms with Crippen molar-refractivity contribution in [1.29, 1.82) is 0 Å². The van der Waals surface area contributed by atoms with Crippen LogP contribution < -0.4 is 4.90 Å². The molecule has 1 saturated heterocycles. The van der Waals surface area contributed by atoms with Gasteiger partial charge in [-0.15, -0.1) is 0 Å². The molecule has 0 N–H and O–H groups in total. The number of hydrogen-bond donors (Lipinski definition) is 0. The van der Waals surface area contributed by atoms with Crippen LogP contribution >= 0.6 is 0 Å². The van der Waals surface area contributed by atoms with E-state index in [1.54, 1.807) is 43.0 Å². The van der Waals surface area contributed by atoms with E-state index in [0.717, 1.165) is 0 Å². The minimum absolute atomic E-state index is 0.148. The van der Waals surface area contributed by atoms with E-state index in [9.17, 15) is 22.0 Å². The van der Waals surface area contributed by atoms with Crippen LogP contribution in [0.25, 0.3) is 10.9 Å². The van der Waals surface area contributed by atoms with E-state index < -0.39 is 30.5 Å². The largest absolute Gasteiger partial charge is 0.401 e. The lowest BCUT2D eigenvalue weighted by Crippen LogP contribution is -2.61. The van der Waals surface area contributed by atoms with E-state index in [0.29, 0.717) is 16.7 Å². The molecular weight excluding hydrogens is 355 g/mol. The van der Waals surface area contributed by atoms with Crippen LogP contribution in [0.5, 0.6) is 0 Å². The van der Waals surface area contributed by atoms with Crippen molar-refractivity contribution in [3.05, 3.63) is 30.1 Å². The van der Waals surface area contributed by atoms with E-state index >= 15 is 0 Å². The molecule has 0 amide bonds. The molecule has 0 aliphatic carbocycles. The molecule has 2 heterocycles. The summed E-state index contributed by atoms with van der Waals surface area (Å²) in [6, 6.07) is 6.81. The Labute approximate surface area is 147 Å². The van der Waals surface area contributed by atoms with Crippen molar-refractivity contribution < 1.29 is 22.0 Å². The smallest absolute Gasteiger partial charge is 0.348 e. The molecule has 0 saturated carbocycles. The summed E-state index contributed by atoms with van der Waals surface area (Å²) in [6.45, 7) is 3.16. The molecule has 142 valence electrons. The van der Waals surface area contributed by atoms with Gasteiger partial charge in [0, 0.05) is 30.6 Å². The maximum Gasteiger partial charge on any atom is 0.401 e. The van der Waals surface area contributed by atoms with Crippen molar-refractivity contribution >= 4 is 16.7 Å². The number of para-hydroxylation sites is 1. The Kier molecular flexibility index (Phi) is 4.76. The second kappa shape index (κ2) is 6.61. The summed E-state index contributed by atoms with van der Waals surface area (Å²) in [5.41, 5.74) is -0.318. The van der Waals surface area contributed by atoms with Gasteiger partial charge in [-0.3, -0.25) is 4.90 Å². The summed E-state index contributed by atoms with van der Waals surface area (Å²) >= 11 is 0. The molecule has 0 unspecified atom stereocenters. The number of piperazine rings is 1. The van der Waals surface area contributed by atoms with Crippen LogP contribution in [0.3, 0.4) is 0 Å². The lowest BCUT2D eigenvalue weighted by molar-refractivity contribution is -0.148. The predicted octanol–water partition coefficient (Wildman–Crippen LogP) is 4.03. The summed E-state index contributed by atoms with van der Waals surface area (Å²) in [5, 5.41) is 0.606. The highest BCUT2D eigenvalue weighted by atomic mass is 19.4. The van der Waals surface area contributed by atoms with E-state index in [-0.39, 0.29) is 19.6 Å². The number of anilines is 1. The molecule has 1 aliphatic rings. The third-order valence-corrected chi connectivity index (χ3v) is 4.44. The molecule has 0 atom stereocenters. The molecule has 1 aromatic carbocycles. The van der Waals surface area contributed by atoms with E-state index in [4.69, 9.17) is 0 Å². The molecule has 2 aromatic rings. The third-order valence-electron chi connectivity index (χ3n) is 4.44. The number of benzene rings is 1. The number of aromatic nitrogens is 2. The van der Waals surface area contributed by atoms with Crippen LogP contribution in [0.4, 0.5) is 27.8 Å². The molecule has 0 bridgehead atoms. The molecule has 3 rings (SSSR count). The van der Waals surface area contributed by atoms with Crippen LogP contribution in [-0.4, -0.2) is 52.8 Å². The van der Waals surface area contributed by atoms with Gasteiger partial charge in [0.25, 0.3) is 6.43 Å². The minimum Gasteiger partial charge on any atom is -0.348 e. The van der Waals surface area contributed by atoms with Gasteiger partial charge in [0.1, 0.15) is 5.82 Å². The number of nitrogens with zero attached hydrogens (tertiary/aromatic N) is 4. The van der Waals surface area contributed by atoms with Gasteiger partial charge >= 0.3 is 6.18 Å². The standard InChI is InChI=1S/C17H19F5N4/c1-16(2)9-25(10-17(20,21)22)7-8-26(16)15-11-5-3-4-6-12(11)23-14(24-15)13(18)19/h3-6,13H,7-10H2,1-2H3. The van der Waals surface area contributed by atoms with Gasteiger partial charge in [-0.05, 0) is 26.0 Å². The second-order valence-corrected chi connectivity index (χ2v) is 7.01. The van der Waals surface area contributed by atoms with Crippen molar-refractivity contribution in [1.82, 2.24) is 14.9 Å². The Hall–Kier alpha value is -2.03. The highest BCUT2D eigenvalue weighted by Crippen LogP contribution is 2.34. The van der Waals surface area contributed by atoms with Gasteiger partial charge in [0.05, 0.1) is 12.1 Å². The van der Waals surface area contributed by atoms with Crippen LogP contribution in [0.15, 0.2) is 24.3 Å². The summed E-state index contributed by atoms with van der Waals surface area (Å²) < 4.78 is 64.5. The summed E-state index contributed by atoms with van der Waals surface area (Å²) in [6.07, 6.45) is -7.10. The Morgan fingerprint density at radius 2 is 1.81 bits per heavy atom. The third kappa shape index (κ3) is 3.87. The molecule has 4 nitrogen and oxygen atoms in total. The van der Waals surface area contributed by atoms with Gasteiger partial charge in [-0.1, -0.05) is 12.1 Å². The summed E-state index contributed by atoms with van der Waals surface area (Å²) in [7, 11) is 0.